The fraction of sp³-hybridized carbons (Fsp3) is 0.393. The first-order chi connectivity index (χ1) is 18.3. The summed E-state index contributed by atoms with van der Waals surface area (Å²) in [5.41, 5.74) is 20.5. The highest BCUT2D eigenvalue weighted by Gasteiger charge is 2.31. The zero-order chi connectivity index (χ0) is 27.1. The minimum atomic E-state index is -0.885. The highest BCUT2D eigenvalue weighted by molar-refractivity contribution is 5.98. The predicted molar refractivity (Wildman–Crippen MR) is 148 cm³/mol. The number of hydrogen-bond acceptors (Lipinski definition) is 8. The zero-order valence-corrected chi connectivity index (χ0v) is 21.4. The van der Waals surface area contributed by atoms with Gasteiger partial charge in [0.1, 0.15) is 12.3 Å². The average molecular weight is 520 g/mol. The summed E-state index contributed by atoms with van der Waals surface area (Å²) < 4.78 is 0. The van der Waals surface area contributed by atoms with Crippen LogP contribution in [0.3, 0.4) is 0 Å². The maximum Gasteiger partial charge on any atom is 0.247 e. The van der Waals surface area contributed by atoms with Crippen molar-refractivity contribution in [2.75, 3.05) is 18.4 Å². The normalized spacial score (nSPS) is 20.1. The quantitative estimate of drug-likeness (QED) is 0.215. The first-order valence-corrected chi connectivity index (χ1v) is 13.0. The first-order valence-electron chi connectivity index (χ1n) is 13.0. The number of likely N-dealkylation sites (tertiary alicyclic amines) is 1. The summed E-state index contributed by atoms with van der Waals surface area (Å²) >= 11 is 0. The first kappa shape index (κ1) is 27.6. The molecule has 1 aliphatic heterocycles. The van der Waals surface area contributed by atoms with Crippen molar-refractivity contribution in [1.29, 1.82) is 0 Å². The van der Waals surface area contributed by atoms with Crippen LogP contribution in [-0.2, 0) is 16.0 Å². The van der Waals surface area contributed by atoms with Gasteiger partial charge in [-0.25, -0.2) is 0 Å². The fourth-order valence-corrected chi connectivity index (χ4v) is 4.64. The summed E-state index contributed by atoms with van der Waals surface area (Å²) in [5, 5.41) is 17.1. The van der Waals surface area contributed by atoms with E-state index in [2.05, 4.69) is 15.6 Å². The molecule has 0 aliphatic carbocycles. The van der Waals surface area contributed by atoms with Gasteiger partial charge in [0.2, 0.25) is 11.8 Å². The van der Waals surface area contributed by atoms with Crippen molar-refractivity contribution in [3.8, 4) is 0 Å². The Morgan fingerprint density at radius 2 is 1.66 bits per heavy atom. The van der Waals surface area contributed by atoms with E-state index in [4.69, 9.17) is 17.2 Å². The minimum Gasteiger partial charge on any atom is -0.378 e. The molecule has 0 spiro atoms. The second-order valence-electron chi connectivity index (χ2n) is 9.94. The fourth-order valence-electron chi connectivity index (χ4n) is 4.64. The molecule has 38 heavy (non-hydrogen) atoms. The molecule has 5 atom stereocenters. The van der Waals surface area contributed by atoms with Crippen LogP contribution < -0.4 is 27.8 Å². The molecule has 10 heteroatoms. The number of nitrogens with zero attached hydrogens (tertiary/aromatic N) is 2. The van der Waals surface area contributed by atoms with Gasteiger partial charge in [-0.1, -0.05) is 48.5 Å². The molecule has 0 radical (unpaired) electrons. The molecular weight excluding hydrogens is 482 g/mol. The molecule has 2 aromatic carbocycles. The molecule has 9 N–H and O–H groups in total. The van der Waals surface area contributed by atoms with Gasteiger partial charge in [-0.05, 0) is 43.4 Å². The molecule has 3 aromatic rings. The Bertz CT molecular complexity index is 1220. The molecule has 1 saturated heterocycles. The molecule has 2 heterocycles. The molecule has 4 rings (SSSR count). The summed E-state index contributed by atoms with van der Waals surface area (Å²) in [6.45, 7) is 0.990. The third-order valence-corrected chi connectivity index (χ3v) is 6.99. The SMILES string of the molecule is NC(CCC(O)N1CC(N)C(N)C1)C(=O)NC(CCc1ccccc1)C(=O)Nc1cnc2ccccc2c1. The Balaban J connectivity index is 1.37. The molecule has 0 saturated carbocycles. The van der Waals surface area contributed by atoms with Gasteiger partial charge in [-0.2, -0.15) is 0 Å². The summed E-state index contributed by atoms with van der Waals surface area (Å²) in [7, 11) is 0. The second-order valence-corrected chi connectivity index (χ2v) is 9.94. The molecule has 2 amide bonds. The van der Waals surface area contributed by atoms with E-state index < -0.39 is 24.2 Å². The number of aliphatic hydroxyl groups is 1. The number of amides is 2. The molecule has 202 valence electrons. The van der Waals surface area contributed by atoms with Gasteiger partial charge in [0.25, 0.3) is 0 Å². The topological polar surface area (TPSA) is 173 Å². The maximum atomic E-state index is 13.3. The van der Waals surface area contributed by atoms with Gasteiger partial charge in [-0.3, -0.25) is 19.5 Å². The maximum absolute atomic E-state index is 13.3. The van der Waals surface area contributed by atoms with Crippen molar-refractivity contribution in [3.05, 3.63) is 72.4 Å². The van der Waals surface area contributed by atoms with Gasteiger partial charge < -0.3 is 32.9 Å². The number of hydrogen-bond donors (Lipinski definition) is 6. The van der Waals surface area contributed by atoms with Crippen LogP contribution in [0.4, 0.5) is 5.69 Å². The number of nitrogens with one attached hydrogen (secondary N) is 2. The third kappa shape index (κ3) is 7.33. The number of aromatic nitrogens is 1. The van der Waals surface area contributed by atoms with Crippen LogP contribution in [-0.4, -0.2) is 70.3 Å². The van der Waals surface area contributed by atoms with Crippen molar-refractivity contribution in [3.63, 3.8) is 0 Å². The number of anilines is 1. The van der Waals surface area contributed by atoms with E-state index in [1.165, 1.54) is 0 Å². The lowest BCUT2D eigenvalue weighted by Gasteiger charge is -2.24. The summed E-state index contributed by atoms with van der Waals surface area (Å²) in [5.74, 6) is -0.796. The number of para-hydroxylation sites is 1. The van der Waals surface area contributed by atoms with Gasteiger partial charge >= 0.3 is 0 Å². The lowest BCUT2D eigenvalue weighted by Crippen LogP contribution is -2.50. The van der Waals surface area contributed by atoms with Gasteiger partial charge in [0.05, 0.1) is 23.4 Å². The van der Waals surface area contributed by atoms with E-state index in [9.17, 15) is 14.7 Å². The number of pyridine rings is 1. The smallest absolute Gasteiger partial charge is 0.247 e. The molecule has 5 unspecified atom stereocenters. The standard InChI is InChI=1S/C28H37N7O3/c29-21(11-13-26(36)35-16-22(30)23(31)17-35)27(37)34-25(12-10-18-6-2-1-3-7-18)28(38)33-20-14-19-8-4-5-9-24(19)32-15-20/h1-9,14-15,21-23,25-26,36H,10-13,16-17,29-31H2,(H,33,38)(H,34,37). The van der Waals surface area contributed by atoms with Crippen LogP contribution in [0.2, 0.25) is 0 Å². The van der Waals surface area contributed by atoms with Crippen molar-refractivity contribution >= 4 is 28.4 Å². The molecule has 0 bridgehead atoms. The third-order valence-electron chi connectivity index (χ3n) is 6.99. The highest BCUT2D eigenvalue weighted by Crippen LogP contribution is 2.17. The van der Waals surface area contributed by atoms with E-state index in [-0.39, 0.29) is 30.8 Å². The largest absolute Gasteiger partial charge is 0.378 e. The van der Waals surface area contributed by atoms with Crippen LogP contribution in [0.15, 0.2) is 66.9 Å². The van der Waals surface area contributed by atoms with E-state index in [1.807, 2.05) is 60.7 Å². The monoisotopic (exact) mass is 519 g/mol. The van der Waals surface area contributed by atoms with E-state index in [0.717, 1.165) is 16.5 Å². The van der Waals surface area contributed by atoms with E-state index in [1.54, 1.807) is 11.1 Å². The van der Waals surface area contributed by atoms with Crippen LogP contribution in [0.25, 0.3) is 10.9 Å². The van der Waals surface area contributed by atoms with Gasteiger partial charge in [0, 0.05) is 30.6 Å². The van der Waals surface area contributed by atoms with Crippen molar-refractivity contribution in [1.82, 2.24) is 15.2 Å². The van der Waals surface area contributed by atoms with E-state index in [0.29, 0.717) is 31.6 Å². The van der Waals surface area contributed by atoms with Gasteiger partial charge in [-0.15, -0.1) is 0 Å². The van der Waals surface area contributed by atoms with Crippen molar-refractivity contribution in [2.45, 2.75) is 56.1 Å². The lowest BCUT2D eigenvalue weighted by molar-refractivity contribution is -0.127. The minimum absolute atomic E-state index is 0.191. The van der Waals surface area contributed by atoms with Crippen LogP contribution >= 0.6 is 0 Å². The van der Waals surface area contributed by atoms with E-state index >= 15 is 0 Å². The Labute approximate surface area is 222 Å². The molecule has 10 nitrogen and oxygen atoms in total. The molecule has 1 fully saturated rings. The second kappa shape index (κ2) is 12.9. The number of nitrogens with two attached hydrogens (primary N) is 3. The van der Waals surface area contributed by atoms with Crippen LogP contribution in [0.1, 0.15) is 24.8 Å². The number of benzene rings is 2. The number of aryl methyl sites for hydroxylation is 1. The molecule has 1 aromatic heterocycles. The number of rotatable bonds is 11. The zero-order valence-electron chi connectivity index (χ0n) is 21.4. The summed E-state index contributed by atoms with van der Waals surface area (Å²) in [6, 6.07) is 17.2. The average Bonchev–Trinajstić information content (AvgIpc) is 3.27. The lowest BCUT2D eigenvalue weighted by atomic mass is 10.0. The number of aliphatic hydroxyl groups excluding tert-OH is 1. The highest BCUT2D eigenvalue weighted by atomic mass is 16.3. The van der Waals surface area contributed by atoms with Crippen LogP contribution in [0, 0.1) is 0 Å². The summed E-state index contributed by atoms with van der Waals surface area (Å²) in [6.07, 6.45) is 2.33. The van der Waals surface area contributed by atoms with Crippen molar-refractivity contribution < 1.29 is 14.7 Å². The van der Waals surface area contributed by atoms with Crippen LogP contribution in [0.5, 0.6) is 0 Å². The molecule has 1 aliphatic rings. The Morgan fingerprint density at radius 3 is 2.39 bits per heavy atom. The Kier molecular flexibility index (Phi) is 9.38. The number of carbonyl (C=O) groups excluding carboxylic acids is 2. The summed E-state index contributed by atoms with van der Waals surface area (Å²) in [4.78, 5) is 32.4. The predicted octanol–water partition coefficient (Wildman–Crippen LogP) is 0.687. The molecular formula is C28H37N7O3. The Morgan fingerprint density at radius 1 is 0.974 bits per heavy atom. The van der Waals surface area contributed by atoms with Crippen molar-refractivity contribution in [2.24, 2.45) is 17.2 Å². The Hall–Kier alpha value is -3.41. The van der Waals surface area contributed by atoms with Gasteiger partial charge in [0.15, 0.2) is 0 Å². The number of fused-ring (bicyclic) bond motifs is 1. The number of carbonyl (C=O) groups is 2.